The second kappa shape index (κ2) is 4.93. The summed E-state index contributed by atoms with van der Waals surface area (Å²) in [6.45, 7) is -0.0153. The van der Waals surface area contributed by atoms with Crippen LogP contribution in [0.1, 0.15) is 6.42 Å². The molecular formula is C13H11NOS. The van der Waals surface area contributed by atoms with Crippen molar-refractivity contribution in [2.75, 3.05) is 6.61 Å². The first kappa shape index (κ1) is 10.9. The van der Waals surface area contributed by atoms with Crippen molar-refractivity contribution in [1.29, 1.82) is 0 Å². The molecule has 0 amide bonds. The molecule has 0 saturated carbocycles. The quantitative estimate of drug-likeness (QED) is 0.329. The van der Waals surface area contributed by atoms with Crippen molar-refractivity contribution in [3.05, 3.63) is 40.8 Å². The van der Waals surface area contributed by atoms with Crippen molar-refractivity contribution in [3.8, 4) is 12.3 Å². The number of allylic oxidation sites excluding steroid dienone is 5. The number of hydrogen-bond acceptors (Lipinski definition) is 2. The second-order valence-corrected chi connectivity index (χ2v) is 4.19. The molecule has 1 aliphatic heterocycles. The van der Waals surface area contributed by atoms with Crippen molar-refractivity contribution in [2.24, 2.45) is 4.99 Å². The minimum absolute atomic E-state index is 0.0153. The number of dihydropyridines is 1. The van der Waals surface area contributed by atoms with E-state index in [1.165, 1.54) is 11.4 Å². The number of hydrogen-bond donors (Lipinski definition) is 1. The molecule has 0 aromatic rings. The summed E-state index contributed by atoms with van der Waals surface area (Å²) in [5.41, 5.74) is 2.84. The zero-order chi connectivity index (χ0) is 11.4. The fourth-order valence-corrected chi connectivity index (χ4v) is 2.15. The van der Waals surface area contributed by atoms with Crippen LogP contribution in [0, 0.1) is 17.7 Å². The predicted octanol–water partition coefficient (Wildman–Crippen LogP) is 1.25. The first-order valence-corrected chi connectivity index (χ1v) is 5.82. The second-order valence-electron chi connectivity index (χ2n) is 3.33. The number of rotatable bonds is 2. The number of aliphatic imine (C=N–C) groups is 1. The van der Waals surface area contributed by atoms with Crippen LogP contribution in [0.3, 0.4) is 0 Å². The molecule has 80 valence electrons. The van der Waals surface area contributed by atoms with Crippen LogP contribution in [0.5, 0.6) is 0 Å². The van der Waals surface area contributed by atoms with Gasteiger partial charge in [-0.25, -0.2) is 0 Å². The number of fused-ring (bicyclic) bond motifs is 1. The average molecular weight is 229 g/mol. The molecule has 2 nitrogen and oxygen atoms in total. The number of aliphatic hydroxyl groups excluding tert-OH is 1. The van der Waals surface area contributed by atoms with E-state index in [1.54, 1.807) is 5.37 Å². The van der Waals surface area contributed by atoms with E-state index < -0.39 is 0 Å². The Kier molecular flexibility index (Phi) is 3.35. The highest BCUT2D eigenvalue weighted by atomic mass is 32.1. The highest BCUT2D eigenvalue weighted by molar-refractivity contribution is 7.81. The third kappa shape index (κ3) is 2.13. The van der Waals surface area contributed by atoms with Gasteiger partial charge in [0.15, 0.2) is 11.4 Å². The maximum atomic E-state index is 9.27. The minimum Gasteiger partial charge on any atom is -0.394 e. The molecule has 3 heteroatoms. The van der Waals surface area contributed by atoms with E-state index in [0.717, 1.165) is 28.7 Å². The Hall–Kier alpha value is -1.63. The first-order chi connectivity index (χ1) is 7.85. The Morgan fingerprint density at radius 1 is 1.69 bits per heavy atom. The molecule has 0 atom stereocenters. The standard InChI is InChI=1S/C13H11NOS/c1-2-7-16-13-11(9-15)8-10-5-3-4-6-12(10)14-13/h1,4-8,15H,3,9H2. The first-order valence-electron chi connectivity index (χ1n) is 4.94. The van der Waals surface area contributed by atoms with Crippen LogP contribution in [0.15, 0.2) is 40.4 Å². The maximum absolute atomic E-state index is 9.27. The zero-order valence-electron chi connectivity index (χ0n) is 8.68. The Labute approximate surface area is 99.1 Å². The van der Waals surface area contributed by atoms with Gasteiger partial charge in [-0.05, 0) is 23.6 Å². The average Bonchev–Trinajstić information content (AvgIpc) is 2.35. The largest absolute Gasteiger partial charge is 0.394 e. The monoisotopic (exact) mass is 229 g/mol. The molecule has 2 rings (SSSR count). The topological polar surface area (TPSA) is 32.6 Å². The van der Waals surface area contributed by atoms with Gasteiger partial charge in [-0.3, -0.25) is 0 Å². The molecule has 0 aromatic heterocycles. The molecule has 1 N–H and O–H groups in total. The maximum Gasteiger partial charge on any atom is 0.233 e. The Morgan fingerprint density at radius 2 is 2.56 bits per heavy atom. The van der Waals surface area contributed by atoms with E-state index in [2.05, 4.69) is 23.1 Å². The van der Waals surface area contributed by atoms with E-state index >= 15 is 0 Å². The lowest BCUT2D eigenvalue weighted by Gasteiger charge is -2.23. The Bertz CT molecular complexity index is 475. The summed E-state index contributed by atoms with van der Waals surface area (Å²) >= 11 is 1.36. The normalized spacial score (nSPS) is 18.8. The summed E-state index contributed by atoms with van der Waals surface area (Å²) in [7, 11) is 0. The summed E-state index contributed by atoms with van der Waals surface area (Å²) in [5.74, 6) is 2.44. The van der Waals surface area contributed by atoms with Gasteiger partial charge in [-0.2, -0.15) is 0 Å². The van der Waals surface area contributed by atoms with Crippen LogP contribution in [-0.2, 0) is 11.4 Å². The van der Waals surface area contributed by atoms with Crippen molar-refractivity contribution in [1.82, 2.24) is 0 Å². The third-order valence-corrected chi connectivity index (χ3v) is 3.11. The summed E-state index contributed by atoms with van der Waals surface area (Å²) in [6.07, 6.45) is 14.2. The van der Waals surface area contributed by atoms with E-state index in [0.29, 0.717) is 0 Å². The van der Waals surface area contributed by atoms with Gasteiger partial charge in [0.05, 0.1) is 6.61 Å². The van der Waals surface area contributed by atoms with Gasteiger partial charge in [0.25, 0.3) is 0 Å². The Balaban J connectivity index is 2.33. The van der Waals surface area contributed by atoms with Gasteiger partial charge >= 0.3 is 0 Å². The van der Waals surface area contributed by atoms with Gasteiger partial charge in [-0.15, -0.1) is 18.1 Å². The summed E-state index contributed by atoms with van der Waals surface area (Å²) in [6, 6.07) is 0. The van der Waals surface area contributed by atoms with E-state index in [-0.39, 0.29) is 6.61 Å². The lowest BCUT2D eigenvalue weighted by atomic mass is 9.98. The van der Waals surface area contributed by atoms with Gasteiger partial charge in [0, 0.05) is 0 Å². The van der Waals surface area contributed by atoms with Crippen LogP contribution in [0.2, 0.25) is 0 Å². The molecule has 0 unspecified atom stereocenters. The number of aliphatic hydroxyl groups is 1. The SMILES string of the molecule is C#CC=[S+][C-]1N=C2C=CCC=C2C=C1CO. The molecule has 0 spiro atoms. The Morgan fingerprint density at radius 3 is 3.31 bits per heavy atom. The smallest absolute Gasteiger partial charge is 0.233 e. The van der Waals surface area contributed by atoms with Crippen molar-refractivity contribution in [2.45, 2.75) is 6.42 Å². The molecule has 1 aliphatic carbocycles. The van der Waals surface area contributed by atoms with E-state index in [9.17, 15) is 5.11 Å². The molecule has 2 aliphatic rings. The number of terminal acetylenes is 1. The van der Waals surface area contributed by atoms with E-state index in [4.69, 9.17) is 6.42 Å². The van der Waals surface area contributed by atoms with Crippen molar-refractivity contribution >= 4 is 22.4 Å². The fraction of sp³-hybridized carbons (Fsp3) is 0.154. The highest BCUT2D eigenvalue weighted by Crippen LogP contribution is 2.26. The van der Waals surface area contributed by atoms with Crippen LogP contribution in [0.25, 0.3) is 0 Å². The molecule has 1 heterocycles. The van der Waals surface area contributed by atoms with Crippen LogP contribution < -0.4 is 0 Å². The van der Waals surface area contributed by atoms with Gasteiger partial charge in [0.1, 0.15) is 0 Å². The lowest BCUT2D eigenvalue weighted by molar-refractivity contribution is 0.332. The van der Waals surface area contributed by atoms with Crippen LogP contribution >= 0.6 is 0 Å². The summed E-state index contributed by atoms with van der Waals surface area (Å²) in [5, 5.41) is 11.7. The van der Waals surface area contributed by atoms with Crippen LogP contribution in [-0.4, -0.2) is 22.8 Å². The molecule has 0 aromatic carbocycles. The van der Waals surface area contributed by atoms with Gasteiger partial charge in [0.2, 0.25) is 10.7 Å². The van der Waals surface area contributed by atoms with Crippen molar-refractivity contribution < 1.29 is 5.11 Å². The number of nitrogens with zero attached hydrogens (tertiary/aromatic N) is 1. The fourth-order valence-electron chi connectivity index (χ4n) is 1.55. The molecule has 0 fully saturated rings. The molecule has 0 radical (unpaired) electrons. The molecular weight excluding hydrogens is 218 g/mol. The lowest BCUT2D eigenvalue weighted by Crippen LogP contribution is -2.14. The molecule has 0 saturated heterocycles. The summed E-state index contributed by atoms with van der Waals surface area (Å²) < 4.78 is 0. The van der Waals surface area contributed by atoms with E-state index in [1.807, 2.05) is 12.2 Å². The molecule has 16 heavy (non-hydrogen) atoms. The highest BCUT2D eigenvalue weighted by Gasteiger charge is 2.19. The summed E-state index contributed by atoms with van der Waals surface area (Å²) in [4.78, 5) is 4.48. The van der Waals surface area contributed by atoms with Crippen molar-refractivity contribution in [3.63, 3.8) is 0 Å². The molecule has 0 bridgehead atoms. The minimum atomic E-state index is -0.0153. The van der Waals surface area contributed by atoms with Gasteiger partial charge < -0.3 is 10.1 Å². The van der Waals surface area contributed by atoms with Gasteiger partial charge in [-0.1, -0.05) is 18.2 Å². The van der Waals surface area contributed by atoms with Crippen LogP contribution in [0.4, 0.5) is 0 Å². The third-order valence-electron chi connectivity index (χ3n) is 2.28. The predicted molar refractivity (Wildman–Crippen MR) is 69.9 cm³/mol. The zero-order valence-corrected chi connectivity index (χ0v) is 9.50.